The molecule has 0 radical (unpaired) electrons. The van der Waals surface area contributed by atoms with E-state index in [0.717, 1.165) is 114 Å². The highest BCUT2D eigenvalue weighted by Crippen LogP contribution is 2.44. The number of hydrogen-bond donors (Lipinski definition) is 7. The summed E-state index contributed by atoms with van der Waals surface area (Å²) in [4.78, 5) is 41.8. The van der Waals surface area contributed by atoms with Gasteiger partial charge in [0.2, 0.25) is 6.29 Å². The molecular weight excluding hydrogens is 982 g/mol. The summed E-state index contributed by atoms with van der Waals surface area (Å²) in [6, 6.07) is 23.9. The number of nitrogens with one attached hydrogen (secondary N) is 3. The molecule has 2 saturated heterocycles. The number of fused-ring (bicyclic) bond motifs is 2. The van der Waals surface area contributed by atoms with Crippen LogP contribution in [0.1, 0.15) is 147 Å². The molecule has 0 amide bonds. The van der Waals surface area contributed by atoms with Crippen LogP contribution >= 0.6 is 24.8 Å². The summed E-state index contributed by atoms with van der Waals surface area (Å²) in [6.07, 6.45) is 20.9. The summed E-state index contributed by atoms with van der Waals surface area (Å²) in [6.45, 7) is 7.37. The highest BCUT2D eigenvalue weighted by atomic mass is 35.5. The maximum atomic E-state index is 12.2. The zero-order valence-corrected chi connectivity index (χ0v) is 44.5. The average molecular weight is 1060 g/mol. The van der Waals surface area contributed by atoms with Gasteiger partial charge in [0, 0.05) is 57.3 Å². The van der Waals surface area contributed by atoms with E-state index in [-0.39, 0.29) is 37.2 Å². The molecule has 0 bridgehead atoms. The van der Waals surface area contributed by atoms with E-state index < -0.39 is 25.1 Å². The average Bonchev–Trinajstić information content (AvgIpc) is 4.34. The first kappa shape index (κ1) is 60.2. The molecule has 74 heavy (non-hydrogen) atoms. The molecule has 2 aromatic carbocycles. The molecule has 4 aromatic rings. The number of benzene rings is 2. The largest absolute Gasteiger partial charge is 0.488 e. The van der Waals surface area contributed by atoms with E-state index in [4.69, 9.17) is 44.2 Å². The Kier molecular flexibility index (Phi) is 26.1. The number of hydrogen-bond acceptors (Lipinski definition) is 13. The van der Waals surface area contributed by atoms with Crippen LogP contribution in [0.2, 0.25) is 0 Å². The molecule has 1 unspecified atom stereocenters. The van der Waals surface area contributed by atoms with Crippen molar-refractivity contribution in [2.45, 2.75) is 146 Å². The Labute approximate surface area is 450 Å². The van der Waals surface area contributed by atoms with Crippen LogP contribution in [0.3, 0.4) is 0 Å². The number of pyridine rings is 2. The van der Waals surface area contributed by atoms with E-state index in [1.54, 1.807) is 6.07 Å². The number of carboxylic acid groups (broad SMARTS) is 2. The monoisotopic (exact) mass is 1060 g/mol. The van der Waals surface area contributed by atoms with Crippen molar-refractivity contribution in [2.75, 3.05) is 63.1 Å². The van der Waals surface area contributed by atoms with Gasteiger partial charge in [-0.15, -0.1) is 24.8 Å². The van der Waals surface area contributed by atoms with Crippen LogP contribution in [0.4, 0.5) is 11.6 Å². The lowest BCUT2D eigenvalue weighted by molar-refractivity contribution is -0.143. The molecule has 3 atom stereocenters. The standard InChI is InChI=1S/C28H37N3O3.C17H27N3O.C9H11BO2.C2H2O3.2ClH/c32-28(33)26(25-10-4-3-9-24(25)20-11-12-20)31-17-15-23(19-31)34-18-5-1-2-8-22-14-13-21-7-6-16-29-27(21)30-22;1(3-12-21-16-9-11-18-13-16)2-6-15-8-7-14-5-4-10-19-17(14)20-15;11-10(12)9-4-2-1-3-8(9)7-5-6-7;3-1-2(4)5;;/h3-4,9-10,13-14,20,23,26H,1-2,5-8,11-12,15-19H2,(H,29,30)(H,32,33);7-8,16,18H,1-6,9-13H2,(H,19,20);1-4,7,11-12H,5-6H2;1H,(H,4,5);2*1H/t23-,26?;16-;;;;/m11..../s1. The van der Waals surface area contributed by atoms with Gasteiger partial charge in [0.05, 0.1) is 12.2 Å². The first-order valence-corrected chi connectivity index (χ1v) is 26.7. The van der Waals surface area contributed by atoms with Crippen molar-refractivity contribution in [1.29, 1.82) is 0 Å². The SMILES string of the molecule is Cl.Cl.O=C(O)C(c1ccccc1C1CC1)N1CC[C@@H](OCCCCCc2ccc3c(n2)NCCC3)C1.O=CC(=O)O.OB(O)c1ccccc1C1CC1.c1cc2c(nc1CCCCCO[C@@H]1CCNC1)NCCC2. The fourth-order valence-corrected chi connectivity index (χ4v) is 10.1. The second kappa shape index (κ2) is 32.1. The van der Waals surface area contributed by atoms with Gasteiger partial charge in [0.1, 0.15) is 17.7 Å². The zero-order chi connectivity index (χ0) is 50.5. The van der Waals surface area contributed by atoms with Gasteiger partial charge < -0.3 is 45.7 Å². The maximum Gasteiger partial charge on any atom is 0.488 e. The Bertz CT molecular complexity index is 2320. The molecular formula is C56H79BCl2N6O9. The molecule has 6 aliphatic rings. The number of carbonyl (C=O) groups is 3. The highest BCUT2D eigenvalue weighted by molar-refractivity contribution is 6.59. The first-order valence-electron chi connectivity index (χ1n) is 26.7. The van der Waals surface area contributed by atoms with Crippen LogP contribution < -0.4 is 21.4 Å². The van der Waals surface area contributed by atoms with Gasteiger partial charge in [-0.1, -0.05) is 73.5 Å². The fourth-order valence-electron chi connectivity index (χ4n) is 10.1. The van der Waals surface area contributed by atoms with E-state index in [0.29, 0.717) is 29.9 Å². The van der Waals surface area contributed by atoms with Gasteiger partial charge in [-0.25, -0.2) is 14.8 Å². The summed E-state index contributed by atoms with van der Waals surface area (Å²) in [7, 11) is -1.32. The fraction of sp³-hybridized carbons (Fsp3) is 0.554. The minimum absolute atomic E-state index is 0. The van der Waals surface area contributed by atoms with E-state index in [2.05, 4.69) is 51.2 Å². The molecule has 18 heteroatoms. The smallest absolute Gasteiger partial charge is 0.480 e. The van der Waals surface area contributed by atoms with Crippen molar-refractivity contribution in [3.05, 3.63) is 112 Å². The minimum atomic E-state index is -1.43. The molecule has 2 aliphatic carbocycles. The van der Waals surface area contributed by atoms with Crippen molar-refractivity contribution in [1.82, 2.24) is 20.2 Å². The molecule has 10 rings (SSSR count). The molecule has 0 spiro atoms. The number of likely N-dealkylation sites (tertiary alicyclic amines) is 1. The number of ether oxygens (including phenoxy) is 2. The zero-order valence-electron chi connectivity index (χ0n) is 42.8. The quantitative estimate of drug-likeness (QED) is 0.0183. The number of halogens is 2. The van der Waals surface area contributed by atoms with E-state index >= 15 is 0 Å². The number of carbonyl (C=O) groups excluding carboxylic acids is 1. The van der Waals surface area contributed by atoms with Gasteiger partial charge in [0.15, 0.2) is 0 Å². The lowest BCUT2D eigenvalue weighted by atomic mass is 9.76. The molecule has 2 aromatic heterocycles. The van der Waals surface area contributed by atoms with E-state index in [1.165, 1.54) is 98.7 Å². The Morgan fingerprint density at radius 3 is 1.74 bits per heavy atom. The Hall–Kier alpha value is -4.65. The second-order valence-corrected chi connectivity index (χ2v) is 19.9. The van der Waals surface area contributed by atoms with Gasteiger partial charge in [-0.2, -0.15) is 0 Å². The summed E-state index contributed by atoms with van der Waals surface area (Å²) in [5.41, 5.74) is 9.09. The molecule has 15 nitrogen and oxygen atoms in total. The molecule has 6 heterocycles. The second-order valence-electron chi connectivity index (χ2n) is 19.9. The van der Waals surface area contributed by atoms with Gasteiger partial charge in [0.25, 0.3) is 0 Å². The molecule has 404 valence electrons. The number of aromatic nitrogens is 2. The lowest BCUT2D eigenvalue weighted by Gasteiger charge is -2.26. The minimum Gasteiger partial charge on any atom is -0.480 e. The van der Waals surface area contributed by atoms with Crippen molar-refractivity contribution < 1.29 is 44.1 Å². The molecule has 4 aliphatic heterocycles. The van der Waals surface area contributed by atoms with Crippen molar-refractivity contribution in [3.63, 3.8) is 0 Å². The van der Waals surface area contributed by atoms with Crippen LogP contribution in [-0.4, -0.2) is 125 Å². The number of nitrogens with zero attached hydrogens (tertiary/aromatic N) is 3. The maximum absolute atomic E-state index is 12.2. The van der Waals surface area contributed by atoms with Gasteiger partial charge in [-0.05, 0) is 167 Å². The molecule has 4 fully saturated rings. The normalized spacial score (nSPS) is 18.7. The van der Waals surface area contributed by atoms with E-state index in [9.17, 15) is 9.90 Å². The lowest BCUT2D eigenvalue weighted by Crippen LogP contribution is -2.34. The van der Waals surface area contributed by atoms with Gasteiger partial charge >= 0.3 is 19.1 Å². The third kappa shape index (κ3) is 19.5. The third-order valence-electron chi connectivity index (χ3n) is 14.3. The Morgan fingerprint density at radius 2 is 1.22 bits per heavy atom. The number of carboxylic acids is 2. The van der Waals surface area contributed by atoms with E-state index in [1.807, 2.05) is 36.4 Å². The predicted octanol–water partition coefficient (Wildman–Crippen LogP) is 7.84. The van der Waals surface area contributed by atoms with Crippen LogP contribution in [-0.2, 0) is 49.5 Å². The summed E-state index contributed by atoms with van der Waals surface area (Å²) >= 11 is 0. The van der Waals surface area contributed by atoms with Crippen LogP contribution in [0.15, 0.2) is 72.8 Å². The van der Waals surface area contributed by atoms with Gasteiger partial charge in [-0.3, -0.25) is 14.5 Å². The van der Waals surface area contributed by atoms with Crippen molar-refractivity contribution in [3.8, 4) is 0 Å². The number of unbranched alkanes of at least 4 members (excludes halogenated alkanes) is 4. The number of anilines is 2. The Balaban J connectivity index is 0.000000215. The predicted molar refractivity (Wildman–Crippen MR) is 296 cm³/mol. The van der Waals surface area contributed by atoms with Crippen molar-refractivity contribution in [2.24, 2.45) is 0 Å². The number of aldehydes is 1. The number of rotatable bonds is 21. The number of aryl methyl sites for hydroxylation is 4. The molecule has 2 saturated carbocycles. The Morgan fingerprint density at radius 1 is 0.676 bits per heavy atom. The summed E-state index contributed by atoms with van der Waals surface area (Å²) in [5, 5.41) is 45.6. The summed E-state index contributed by atoms with van der Waals surface area (Å²) < 4.78 is 12.0. The van der Waals surface area contributed by atoms with Crippen LogP contribution in [0.25, 0.3) is 0 Å². The topological polar surface area (TPSA) is 216 Å². The number of aliphatic carboxylic acids is 2. The third-order valence-corrected chi connectivity index (χ3v) is 14.3. The summed E-state index contributed by atoms with van der Waals surface area (Å²) in [5.74, 6) is 1.14. The molecule has 7 N–H and O–H groups in total. The highest BCUT2D eigenvalue weighted by Gasteiger charge is 2.37. The van der Waals surface area contributed by atoms with Crippen LogP contribution in [0.5, 0.6) is 0 Å². The van der Waals surface area contributed by atoms with Crippen molar-refractivity contribution >= 4 is 67.3 Å². The first-order chi connectivity index (χ1) is 35.2. The van der Waals surface area contributed by atoms with Crippen LogP contribution in [0, 0.1) is 0 Å².